The van der Waals surface area contributed by atoms with Crippen LogP contribution in [0.2, 0.25) is 0 Å². The zero-order chi connectivity index (χ0) is 12.8. The molecule has 1 aromatic carbocycles. The zero-order valence-electron chi connectivity index (χ0n) is 11.4. The summed E-state index contributed by atoms with van der Waals surface area (Å²) in [5.41, 5.74) is 8.22. The van der Waals surface area contributed by atoms with Gasteiger partial charge in [-0.05, 0) is 29.9 Å². The molecule has 0 bridgehead atoms. The first kappa shape index (κ1) is 13.6. The lowest BCUT2D eigenvalue weighted by Crippen LogP contribution is -2.27. The van der Waals surface area contributed by atoms with Crippen molar-refractivity contribution in [2.45, 2.75) is 58.3 Å². The summed E-state index contributed by atoms with van der Waals surface area (Å²) in [6.07, 6.45) is 6.94. The lowest BCUT2D eigenvalue weighted by molar-refractivity contribution is -0.0224. The van der Waals surface area contributed by atoms with Crippen LogP contribution in [0.25, 0.3) is 0 Å². The van der Waals surface area contributed by atoms with Crippen LogP contribution in [0.4, 0.5) is 0 Å². The maximum absolute atomic E-state index is 6.16. The molecule has 1 aliphatic carbocycles. The predicted molar refractivity (Wildman–Crippen MR) is 75.2 cm³/mol. The molecule has 0 heterocycles. The largest absolute Gasteiger partial charge is 0.373 e. The fourth-order valence-electron chi connectivity index (χ4n) is 2.95. The van der Waals surface area contributed by atoms with E-state index in [0.29, 0.717) is 19.3 Å². The van der Waals surface area contributed by atoms with E-state index < -0.39 is 0 Å². The normalized spacial score (nSPS) is 24.1. The SMILES string of the molecule is CCC1CCCCC1OCc1ccccc1CN. The van der Waals surface area contributed by atoms with Gasteiger partial charge < -0.3 is 10.5 Å². The molecule has 2 heteroatoms. The monoisotopic (exact) mass is 247 g/mol. The van der Waals surface area contributed by atoms with Crippen LogP contribution in [0, 0.1) is 5.92 Å². The van der Waals surface area contributed by atoms with Gasteiger partial charge in [0.15, 0.2) is 0 Å². The maximum atomic E-state index is 6.16. The molecule has 0 radical (unpaired) electrons. The van der Waals surface area contributed by atoms with Gasteiger partial charge in [-0.1, -0.05) is 50.5 Å². The summed E-state index contributed by atoms with van der Waals surface area (Å²) in [5, 5.41) is 0. The molecule has 0 spiro atoms. The summed E-state index contributed by atoms with van der Waals surface area (Å²) in [6, 6.07) is 8.33. The molecule has 2 nitrogen and oxygen atoms in total. The fourth-order valence-corrected chi connectivity index (χ4v) is 2.95. The van der Waals surface area contributed by atoms with Crippen molar-refractivity contribution < 1.29 is 4.74 Å². The predicted octanol–water partition coefficient (Wildman–Crippen LogP) is 3.63. The molecule has 0 amide bonds. The third-order valence-corrected chi connectivity index (χ3v) is 4.15. The average molecular weight is 247 g/mol. The van der Waals surface area contributed by atoms with Gasteiger partial charge in [0.1, 0.15) is 0 Å². The second kappa shape index (κ2) is 6.91. The van der Waals surface area contributed by atoms with Crippen LogP contribution in [-0.2, 0) is 17.9 Å². The van der Waals surface area contributed by atoms with Crippen molar-refractivity contribution in [2.75, 3.05) is 0 Å². The minimum absolute atomic E-state index is 0.453. The average Bonchev–Trinajstić information content (AvgIpc) is 2.45. The van der Waals surface area contributed by atoms with Crippen molar-refractivity contribution in [3.63, 3.8) is 0 Å². The van der Waals surface area contributed by atoms with E-state index in [-0.39, 0.29) is 0 Å². The number of nitrogens with two attached hydrogens (primary N) is 1. The second-order valence-electron chi connectivity index (χ2n) is 5.28. The van der Waals surface area contributed by atoms with Gasteiger partial charge in [0, 0.05) is 6.54 Å². The first-order valence-corrected chi connectivity index (χ1v) is 7.23. The number of rotatable bonds is 5. The molecule has 1 aliphatic rings. The van der Waals surface area contributed by atoms with Gasteiger partial charge in [0.05, 0.1) is 12.7 Å². The van der Waals surface area contributed by atoms with Crippen molar-refractivity contribution in [3.05, 3.63) is 35.4 Å². The Morgan fingerprint density at radius 3 is 2.61 bits per heavy atom. The number of ether oxygens (including phenoxy) is 1. The van der Waals surface area contributed by atoms with E-state index in [1.807, 2.05) is 6.07 Å². The molecule has 0 aromatic heterocycles. The Balaban J connectivity index is 1.93. The molecule has 2 N–H and O–H groups in total. The lowest BCUT2D eigenvalue weighted by Gasteiger charge is -2.31. The van der Waals surface area contributed by atoms with Crippen LogP contribution in [0.3, 0.4) is 0 Å². The highest BCUT2D eigenvalue weighted by Gasteiger charge is 2.24. The third-order valence-electron chi connectivity index (χ3n) is 4.15. The molecule has 1 aromatic rings. The van der Waals surface area contributed by atoms with Gasteiger partial charge in [-0.25, -0.2) is 0 Å². The smallest absolute Gasteiger partial charge is 0.0723 e. The van der Waals surface area contributed by atoms with Gasteiger partial charge in [-0.3, -0.25) is 0 Å². The highest BCUT2D eigenvalue weighted by atomic mass is 16.5. The molecule has 2 rings (SSSR count). The fraction of sp³-hybridized carbons (Fsp3) is 0.625. The molecule has 0 saturated heterocycles. The Kier molecular flexibility index (Phi) is 5.21. The molecule has 100 valence electrons. The number of hydrogen-bond acceptors (Lipinski definition) is 2. The summed E-state index contributed by atoms with van der Waals surface area (Å²) in [5.74, 6) is 0.754. The van der Waals surface area contributed by atoms with Crippen molar-refractivity contribution in [1.82, 2.24) is 0 Å². The Morgan fingerprint density at radius 1 is 1.17 bits per heavy atom. The first-order valence-electron chi connectivity index (χ1n) is 7.23. The van der Waals surface area contributed by atoms with Crippen LogP contribution < -0.4 is 5.73 Å². The van der Waals surface area contributed by atoms with Crippen molar-refractivity contribution in [3.8, 4) is 0 Å². The summed E-state index contributed by atoms with van der Waals surface area (Å²) in [7, 11) is 0. The topological polar surface area (TPSA) is 35.2 Å². The molecule has 0 aliphatic heterocycles. The summed E-state index contributed by atoms with van der Waals surface area (Å²) >= 11 is 0. The van der Waals surface area contributed by atoms with Crippen molar-refractivity contribution in [2.24, 2.45) is 11.7 Å². The standard InChI is InChI=1S/C16H25NO/c1-2-13-7-5-6-10-16(13)18-12-15-9-4-3-8-14(15)11-17/h3-4,8-9,13,16H,2,5-7,10-12,17H2,1H3. The van der Waals surface area contributed by atoms with Gasteiger partial charge >= 0.3 is 0 Å². The highest BCUT2D eigenvalue weighted by molar-refractivity contribution is 5.26. The van der Waals surface area contributed by atoms with Crippen molar-refractivity contribution >= 4 is 0 Å². The molecule has 1 saturated carbocycles. The first-order chi connectivity index (χ1) is 8.85. The zero-order valence-corrected chi connectivity index (χ0v) is 11.4. The molecular formula is C16H25NO. The van der Waals surface area contributed by atoms with E-state index in [9.17, 15) is 0 Å². The molecule has 18 heavy (non-hydrogen) atoms. The molecule has 1 fully saturated rings. The minimum Gasteiger partial charge on any atom is -0.373 e. The Morgan fingerprint density at radius 2 is 1.89 bits per heavy atom. The molecule has 2 unspecified atom stereocenters. The summed E-state index contributed by atoms with van der Waals surface area (Å²) in [6.45, 7) is 3.59. The third kappa shape index (κ3) is 3.33. The van der Waals surface area contributed by atoms with Crippen LogP contribution in [0.5, 0.6) is 0 Å². The highest BCUT2D eigenvalue weighted by Crippen LogP contribution is 2.29. The van der Waals surface area contributed by atoms with E-state index in [1.54, 1.807) is 0 Å². The summed E-state index contributed by atoms with van der Waals surface area (Å²) in [4.78, 5) is 0. The minimum atomic E-state index is 0.453. The van der Waals surface area contributed by atoms with E-state index in [4.69, 9.17) is 10.5 Å². The van der Waals surface area contributed by atoms with Gasteiger partial charge in [0.25, 0.3) is 0 Å². The Bertz CT molecular complexity index is 364. The Hall–Kier alpha value is -0.860. The number of benzene rings is 1. The van der Waals surface area contributed by atoms with Crippen LogP contribution in [-0.4, -0.2) is 6.10 Å². The van der Waals surface area contributed by atoms with E-state index in [2.05, 4.69) is 25.1 Å². The van der Waals surface area contributed by atoms with E-state index in [0.717, 1.165) is 5.92 Å². The Labute approximate surface area is 111 Å². The van der Waals surface area contributed by atoms with Crippen LogP contribution in [0.1, 0.15) is 50.2 Å². The van der Waals surface area contributed by atoms with Gasteiger partial charge in [-0.15, -0.1) is 0 Å². The quantitative estimate of drug-likeness (QED) is 0.862. The van der Waals surface area contributed by atoms with Crippen LogP contribution in [0.15, 0.2) is 24.3 Å². The molecular weight excluding hydrogens is 222 g/mol. The van der Waals surface area contributed by atoms with Gasteiger partial charge in [-0.2, -0.15) is 0 Å². The summed E-state index contributed by atoms with van der Waals surface area (Å²) < 4.78 is 6.16. The van der Waals surface area contributed by atoms with E-state index >= 15 is 0 Å². The van der Waals surface area contributed by atoms with Gasteiger partial charge in [0.2, 0.25) is 0 Å². The maximum Gasteiger partial charge on any atom is 0.0723 e. The van der Waals surface area contributed by atoms with Crippen LogP contribution >= 0.6 is 0 Å². The van der Waals surface area contributed by atoms with E-state index in [1.165, 1.54) is 43.2 Å². The lowest BCUT2D eigenvalue weighted by atomic mass is 9.85. The molecule has 2 atom stereocenters. The second-order valence-corrected chi connectivity index (χ2v) is 5.28. The number of hydrogen-bond donors (Lipinski definition) is 1. The van der Waals surface area contributed by atoms with Crippen molar-refractivity contribution in [1.29, 1.82) is 0 Å².